The summed E-state index contributed by atoms with van der Waals surface area (Å²) in [6.07, 6.45) is 10.9. The van der Waals surface area contributed by atoms with E-state index in [0.717, 1.165) is 44.9 Å². The Morgan fingerprint density at radius 1 is 0.963 bits per heavy atom. The van der Waals surface area contributed by atoms with Crippen LogP contribution in [0, 0.1) is 6.92 Å². The highest BCUT2D eigenvalue weighted by Gasteiger charge is 2.28. The largest absolute Gasteiger partial charge is 0.349 e. The molecule has 1 aliphatic carbocycles. The summed E-state index contributed by atoms with van der Waals surface area (Å²) in [5.41, 5.74) is 1.14. The number of carbonyl (C=O) groups is 1. The SMILES string of the molecule is Cc1ccc(C(=O)NC2CCCCCCC2)cc1S(=O)(=O)N1CCCCC1. The van der Waals surface area contributed by atoms with Gasteiger partial charge in [0.25, 0.3) is 5.91 Å². The lowest BCUT2D eigenvalue weighted by atomic mass is 9.96. The molecule has 150 valence electrons. The van der Waals surface area contributed by atoms with Gasteiger partial charge in [-0.05, 0) is 50.3 Å². The number of rotatable bonds is 4. The number of hydrogen-bond donors (Lipinski definition) is 1. The lowest BCUT2D eigenvalue weighted by molar-refractivity contribution is 0.0930. The van der Waals surface area contributed by atoms with Gasteiger partial charge in [-0.2, -0.15) is 4.31 Å². The summed E-state index contributed by atoms with van der Waals surface area (Å²) in [6, 6.07) is 5.26. The van der Waals surface area contributed by atoms with Crippen LogP contribution in [0.5, 0.6) is 0 Å². The van der Waals surface area contributed by atoms with Crippen molar-refractivity contribution in [1.29, 1.82) is 0 Å². The molecule has 0 spiro atoms. The van der Waals surface area contributed by atoms with Gasteiger partial charge in [0.15, 0.2) is 0 Å². The van der Waals surface area contributed by atoms with E-state index in [1.165, 1.54) is 19.3 Å². The van der Waals surface area contributed by atoms with Gasteiger partial charge in [-0.3, -0.25) is 4.79 Å². The van der Waals surface area contributed by atoms with Crippen molar-refractivity contribution in [3.63, 3.8) is 0 Å². The van der Waals surface area contributed by atoms with E-state index >= 15 is 0 Å². The summed E-state index contributed by atoms with van der Waals surface area (Å²) in [5, 5.41) is 3.13. The van der Waals surface area contributed by atoms with Crippen molar-refractivity contribution >= 4 is 15.9 Å². The van der Waals surface area contributed by atoms with Crippen molar-refractivity contribution in [3.05, 3.63) is 29.3 Å². The fourth-order valence-electron chi connectivity index (χ4n) is 4.13. The number of aryl methyl sites for hydroxylation is 1. The second-order valence-corrected chi connectivity index (χ2v) is 9.87. The van der Waals surface area contributed by atoms with E-state index in [1.54, 1.807) is 29.4 Å². The zero-order valence-corrected chi connectivity index (χ0v) is 17.2. The topological polar surface area (TPSA) is 66.5 Å². The van der Waals surface area contributed by atoms with Crippen LogP contribution in [0.4, 0.5) is 0 Å². The summed E-state index contributed by atoms with van der Waals surface area (Å²) in [4.78, 5) is 13.0. The maximum atomic E-state index is 13.1. The summed E-state index contributed by atoms with van der Waals surface area (Å²) in [7, 11) is -3.54. The summed E-state index contributed by atoms with van der Waals surface area (Å²) in [6.45, 7) is 2.94. The highest BCUT2D eigenvalue weighted by atomic mass is 32.2. The predicted molar refractivity (Wildman–Crippen MR) is 107 cm³/mol. The van der Waals surface area contributed by atoms with E-state index in [9.17, 15) is 13.2 Å². The molecule has 27 heavy (non-hydrogen) atoms. The minimum atomic E-state index is -3.54. The molecule has 0 bridgehead atoms. The van der Waals surface area contributed by atoms with Gasteiger partial charge in [0, 0.05) is 24.7 Å². The molecule has 1 heterocycles. The predicted octanol–water partition coefficient (Wildman–Crippen LogP) is 4.01. The molecular weight excluding hydrogens is 360 g/mol. The summed E-state index contributed by atoms with van der Waals surface area (Å²) in [5.74, 6) is -0.157. The molecule has 1 aromatic rings. The summed E-state index contributed by atoms with van der Waals surface area (Å²) >= 11 is 0. The third-order valence-electron chi connectivity index (χ3n) is 5.82. The molecule has 1 amide bonds. The highest BCUT2D eigenvalue weighted by Crippen LogP contribution is 2.25. The van der Waals surface area contributed by atoms with Crippen LogP contribution in [0.3, 0.4) is 0 Å². The van der Waals surface area contributed by atoms with Crippen LogP contribution in [0.1, 0.15) is 80.1 Å². The van der Waals surface area contributed by atoms with E-state index in [2.05, 4.69) is 5.32 Å². The van der Waals surface area contributed by atoms with Gasteiger partial charge < -0.3 is 5.32 Å². The van der Waals surface area contributed by atoms with Crippen LogP contribution in [-0.4, -0.2) is 37.8 Å². The number of hydrogen-bond acceptors (Lipinski definition) is 3. The first-order valence-electron chi connectivity index (χ1n) is 10.4. The normalized spacial score (nSPS) is 20.6. The third-order valence-corrected chi connectivity index (χ3v) is 7.86. The molecule has 1 saturated heterocycles. The van der Waals surface area contributed by atoms with Gasteiger partial charge in [0.05, 0.1) is 4.90 Å². The molecule has 1 aromatic carbocycles. The van der Waals surface area contributed by atoms with Crippen molar-refractivity contribution in [3.8, 4) is 0 Å². The molecular formula is C21H32N2O3S. The highest BCUT2D eigenvalue weighted by molar-refractivity contribution is 7.89. The first-order chi connectivity index (χ1) is 13.0. The Kier molecular flexibility index (Phi) is 6.93. The smallest absolute Gasteiger partial charge is 0.251 e. The number of nitrogens with one attached hydrogen (secondary N) is 1. The van der Waals surface area contributed by atoms with E-state index in [0.29, 0.717) is 24.2 Å². The maximum Gasteiger partial charge on any atom is 0.251 e. The Balaban J connectivity index is 1.76. The molecule has 0 unspecified atom stereocenters. The Labute approximate surface area is 163 Å². The number of sulfonamides is 1. The second-order valence-electron chi connectivity index (χ2n) is 7.96. The van der Waals surface area contributed by atoms with Gasteiger partial charge >= 0.3 is 0 Å². The summed E-state index contributed by atoms with van der Waals surface area (Å²) < 4.78 is 27.7. The van der Waals surface area contributed by atoms with Crippen LogP contribution in [0.25, 0.3) is 0 Å². The molecule has 0 radical (unpaired) electrons. The van der Waals surface area contributed by atoms with Gasteiger partial charge in [-0.25, -0.2) is 8.42 Å². The van der Waals surface area contributed by atoms with Crippen molar-refractivity contribution < 1.29 is 13.2 Å². The van der Waals surface area contributed by atoms with Crippen molar-refractivity contribution in [2.45, 2.75) is 82.1 Å². The number of benzene rings is 1. The van der Waals surface area contributed by atoms with Crippen LogP contribution >= 0.6 is 0 Å². The molecule has 1 aliphatic heterocycles. The first-order valence-corrected chi connectivity index (χ1v) is 11.8. The fraction of sp³-hybridized carbons (Fsp3) is 0.667. The van der Waals surface area contributed by atoms with Crippen LogP contribution in [-0.2, 0) is 10.0 Å². The van der Waals surface area contributed by atoms with Gasteiger partial charge in [-0.1, -0.05) is 44.6 Å². The minimum absolute atomic E-state index is 0.157. The van der Waals surface area contributed by atoms with E-state index in [1.807, 2.05) is 0 Å². The van der Waals surface area contributed by atoms with Crippen molar-refractivity contribution in [2.24, 2.45) is 0 Å². The molecule has 5 nitrogen and oxygen atoms in total. The minimum Gasteiger partial charge on any atom is -0.349 e. The third kappa shape index (κ3) is 5.11. The Bertz CT molecular complexity index is 747. The molecule has 2 fully saturated rings. The van der Waals surface area contributed by atoms with E-state index in [-0.39, 0.29) is 16.8 Å². The second kappa shape index (κ2) is 9.20. The van der Waals surface area contributed by atoms with Crippen LogP contribution in [0.15, 0.2) is 23.1 Å². The Morgan fingerprint density at radius 2 is 1.56 bits per heavy atom. The lowest BCUT2D eigenvalue weighted by Crippen LogP contribution is -2.37. The zero-order chi connectivity index (χ0) is 19.3. The van der Waals surface area contributed by atoms with Gasteiger partial charge in [0.2, 0.25) is 10.0 Å². The Hall–Kier alpha value is -1.40. The molecule has 2 aliphatic rings. The average Bonchev–Trinajstić information content (AvgIpc) is 2.64. The number of piperidine rings is 1. The van der Waals surface area contributed by atoms with Crippen LogP contribution < -0.4 is 5.32 Å². The molecule has 0 aromatic heterocycles. The van der Waals surface area contributed by atoms with Gasteiger partial charge in [0.1, 0.15) is 0 Å². The quantitative estimate of drug-likeness (QED) is 0.842. The molecule has 0 atom stereocenters. The number of nitrogens with zero attached hydrogens (tertiary/aromatic N) is 1. The van der Waals surface area contributed by atoms with Crippen LogP contribution in [0.2, 0.25) is 0 Å². The van der Waals surface area contributed by atoms with Gasteiger partial charge in [-0.15, -0.1) is 0 Å². The molecule has 1 saturated carbocycles. The molecule has 6 heteroatoms. The van der Waals surface area contributed by atoms with E-state index < -0.39 is 10.0 Å². The van der Waals surface area contributed by atoms with E-state index in [4.69, 9.17) is 0 Å². The number of carbonyl (C=O) groups excluding carboxylic acids is 1. The number of amides is 1. The molecule has 1 N–H and O–H groups in total. The monoisotopic (exact) mass is 392 g/mol. The lowest BCUT2D eigenvalue weighted by Gasteiger charge is -2.27. The first kappa shape index (κ1) is 20.3. The standard InChI is InChI=1S/C21H32N2O3S/c1-17-12-13-18(21(24)22-19-10-6-3-2-4-7-11-19)16-20(17)27(25,26)23-14-8-5-9-15-23/h12-13,16,19H,2-11,14-15H2,1H3,(H,22,24). The average molecular weight is 393 g/mol. The maximum absolute atomic E-state index is 13.1. The fourth-order valence-corrected chi connectivity index (χ4v) is 5.90. The zero-order valence-electron chi connectivity index (χ0n) is 16.4. The Morgan fingerprint density at radius 3 is 2.22 bits per heavy atom. The van der Waals surface area contributed by atoms with Crippen molar-refractivity contribution in [2.75, 3.05) is 13.1 Å². The van der Waals surface area contributed by atoms with Crippen molar-refractivity contribution in [1.82, 2.24) is 9.62 Å². The molecule has 3 rings (SSSR count).